The van der Waals surface area contributed by atoms with Crippen molar-refractivity contribution in [3.05, 3.63) is 33.9 Å². The molecule has 0 fully saturated rings. The predicted octanol–water partition coefficient (Wildman–Crippen LogP) is 1.79. The van der Waals surface area contributed by atoms with E-state index in [2.05, 4.69) is 5.32 Å². The monoisotopic (exact) mass is 224 g/mol. The van der Waals surface area contributed by atoms with Crippen LogP contribution in [0.4, 0.5) is 11.4 Å². The Bertz CT molecular complexity index is 417. The highest BCUT2D eigenvalue weighted by Crippen LogP contribution is 2.27. The van der Waals surface area contributed by atoms with Crippen LogP contribution in [0.3, 0.4) is 0 Å². The highest BCUT2D eigenvalue weighted by Gasteiger charge is 2.16. The molecule has 6 nitrogen and oxygen atoms in total. The van der Waals surface area contributed by atoms with Gasteiger partial charge in [0, 0.05) is 12.1 Å². The van der Waals surface area contributed by atoms with E-state index in [1.807, 2.05) is 0 Å². The van der Waals surface area contributed by atoms with Crippen LogP contribution in [0.1, 0.15) is 12.0 Å². The van der Waals surface area contributed by atoms with E-state index in [0.717, 1.165) is 0 Å². The number of aryl methyl sites for hydroxylation is 1. The van der Waals surface area contributed by atoms with Gasteiger partial charge < -0.3 is 10.4 Å². The third-order valence-corrected chi connectivity index (χ3v) is 2.07. The normalized spacial score (nSPS) is 9.81. The van der Waals surface area contributed by atoms with Crippen LogP contribution in [-0.2, 0) is 4.79 Å². The molecule has 0 aliphatic heterocycles. The molecule has 1 aromatic carbocycles. The quantitative estimate of drug-likeness (QED) is 0.587. The molecule has 0 aromatic heterocycles. The maximum Gasteiger partial charge on any atom is 0.305 e. The van der Waals surface area contributed by atoms with Gasteiger partial charge in [-0.3, -0.25) is 14.9 Å². The van der Waals surface area contributed by atoms with E-state index in [9.17, 15) is 14.9 Å². The van der Waals surface area contributed by atoms with E-state index in [-0.39, 0.29) is 18.7 Å². The van der Waals surface area contributed by atoms with Gasteiger partial charge in [0.05, 0.1) is 11.3 Å². The minimum atomic E-state index is -0.942. The standard InChI is InChI=1S/C10H12N2O4/c1-7-3-2-4-8(10(7)12(15)16)11-6-5-9(13)14/h2-4,11H,5-6H2,1H3,(H,13,14). The number of carboxylic acids is 1. The fourth-order valence-corrected chi connectivity index (χ4v) is 1.35. The van der Waals surface area contributed by atoms with E-state index in [1.165, 1.54) is 0 Å². The number of nitro groups is 1. The topological polar surface area (TPSA) is 92.5 Å². The number of rotatable bonds is 5. The van der Waals surface area contributed by atoms with Crippen molar-refractivity contribution in [2.24, 2.45) is 0 Å². The zero-order valence-corrected chi connectivity index (χ0v) is 8.77. The third-order valence-electron chi connectivity index (χ3n) is 2.07. The van der Waals surface area contributed by atoms with E-state index in [0.29, 0.717) is 11.3 Å². The summed E-state index contributed by atoms with van der Waals surface area (Å²) >= 11 is 0. The van der Waals surface area contributed by atoms with Crippen molar-refractivity contribution < 1.29 is 14.8 Å². The molecule has 1 rings (SSSR count). The molecule has 2 N–H and O–H groups in total. The molecule has 0 amide bonds. The number of hydrogen-bond acceptors (Lipinski definition) is 4. The fourth-order valence-electron chi connectivity index (χ4n) is 1.35. The van der Waals surface area contributed by atoms with E-state index >= 15 is 0 Å². The van der Waals surface area contributed by atoms with Crippen molar-refractivity contribution in [2.75, 3.05) is 11.9 Å². The van der Waals surface area contributed by atoms with Gasteiger partial charge in [-0.15, -0.1) is 0 Å². The van der Waals surface area contributed by atoms with Crippen molar-refractivity contribution >= 4 is 17.3 Å². The van der Waals surface area contributed by atoms with Gasteiger partial charge in [-0.25, -0.2) is 0 Å². The van der Waals surface area contributed by atoms with Crippen LogP contribution in [0.5, 0.6) is 0 Å². The fraction of sp³-hybridized carbons (Fsp3) is 0.300. The zero-order valence-electron chi connectivity index (χ0n) is 8.77. The molecular formula is C10H12N2O4. The summed E-state index contributed by atoms with van der Waals surface area (Å²) in [5.74, 6) is -0.942. The molecule has 0 saturated heterocycles. The number of nitrogens with zero attached hydrogens (tertiary/aromatic N) is 1. The maximum absolute atomic E-state index is 10.8. The molecular weight excluding hydrogens is 212 g/mol. The van der Waals surface area contributed by atoms with Gasteiger partial charge in [0.25, 0.3) is 5.69 Å². The summed E-state index contributed by atoms with van der Waals surface area (Å²) in [7, 11) is 0. The number of carbonyl (C=O) groups is 1. The Morgan fingerprint density at radius 2 is 2.25 bits per heavy atom. The number of para-hydroxylation sites is 1. The van der Waals surface area contributed by atoms with Crippen LogP contribution in [-0.4, -0.2) is 22.5 Å². The summed E-state index contributed by atoms with van der Waals surface area (Å²) in [6, 6.07) is 4.89. The number of anilines is 1. The number of nitrogens with one attached hydrogen (secondary N) is 1. The Kier molecular flexibility index (Phi) is 3.82. The van der Waals surface area contributed by atoms with Crippen molar-refractivity contribution in [3.8, 4) is 0 Å². The molecule has 86 valence electrons. The van der Waals surface area contributed by atoms with Gasteiger partial charge in [-0.2, -0.15) is 0 Å². The van der Waals surface area contributed by atoms with Crippen LogP contribution in [0.25, 0.3) is 0 Å². The van der Waals surface area contributed by atoms with Gasteiger partial charge in [-0.05, 0) is 13.0 Å². The van der Waals surface area contributed by atoms with Crippen LogP contribution in [0.15, 0.2) is 18.2 Å². The Labute approximate surface area is 92.0 Å². The highest BCUT2D eigenvalue weighted by molar-refractivity contribution is 5.69. The van der Waals surface area contributed by atoms with Gasteiger partial charge in [-0.1, -0.05) is 12.1 Å². The van der Waals surface area contributed by atoms with Gasteiger partial charge in [0.15, 0.2) is 0 Å². The minimum Gasteiger partial charge on any atom is -0.481 e. The van der Waals surface area contributed by atoms with Crippen molar-refractivity contribution in [2.45, 2.75) is 13.3 Å². The van der Waals surface area contributed by atoms with Crippen LogP contribution < -0.4 is 5.32 Å². The molecule has 16 heavy (non-hydrogen) atoms. The lowest BCUT2D eigenvalue weighted by atomic mass is 10.1. The molecule has 0 atom stereocenters. The molecule has 0 aliphatic carbocycles. The highest BCUT2D eigenvalue weighted by atomic mass is 16.6. The SMILES string of the molecule is Cc1cccc(NCCC(=O)O)c1[N+](=O)[O-]. The zero-order chi connectivity index (χ0) is 12.1. The molecule has 0 heterocycles. The molecule has 0 unspecified atom stereocenters. The third kappa shape index (κ3) is 2.94. The van der Waals surface area contributed by atoms with Gasteiger partial charge >= 0.3 is 5.97 Å². The summed E-state index contributed by atoms with van der Waals surface area (Å²) in [5.41, 5.74) is 0.893. The Morgan fingerprint density at radius 3 is 2.81 bits per heavy atom. The number of hydrogen-bond donors (Lipinski definition) is 2. The first-order chi connectivity index (χ1) is 7.52. The van der Waals surface area contributed by atoms with Crippen LogP contribution in [0, 0.1) is 17.0 Å². The number of benzene rings is 1. The second-order valence-electron chi connectivity index (χ2n) is 3.30. The second kappa shape index (κ2) is 5.11. The smallest absolute Gasteiger partial charge is 0.305 e. The summed E-state index contributed by atoms with van der Waals surface area (Å²) in [5, 5.41) is 22.0. The van der Waals surface area contributed by atoms with E-state index < -0.39 is 10.9 Å². The Balaban J connectivity index is 2.83. The number of nitro benzene ring substituents is 1. The lowest BCUT2D eigenvalue weighted by molar-refractivity contribution is -0.384. The predicted molar refractivity (Wildman–Crippen MR) is 58.6 cm³/mol. The summed E-state index contributed by atoms with van der Waals surface area (Å²) in [6.07, 6.45) is -0.0783. The summed E-state index contributed by atoms with van der Waals surface area (Å²) in [4.78, 5) is 20.6. The molecule has 0 saturated carbocycles. The Morgan fingerprint density at radius 1 is 1.56 bits per heavy atom. The molecule has 0 bridgehead atoms. The van der Waals surface area contributed by atoms with Gasteiger partial charge in [0.1, 0.15) is 5.69 Å². The van der Waals surface area contributed by atoms with Crippen molar-refractivity contribution in [1.29, 1.82) is 0 Å². The minimum absolute atomic E-state index is 0.00658. The first kappa shape index (κ1) is 12.0. The summed E-state index contributed by atoms with van der Waals surface area (Å²) < 4.78 is 0. The largest absolute Gasteiger partial charge is 0.481 e. The Hall–Kier alpha value is -2.11. The molecule has 6 heteroatoms. The molecule has 0 aliphatic rings. The van der Waals surface area contributed by atoms with E-state index in [4.69, 9.17) is 5.11 Å². The van der Waals surface area contributed by atoms with Gasteiger partial charge in [0.2, 0.25) is 0 Å². The number of carboxylic acid groups (broad SMARTS) is 1. The number of aliphatic carboxylic acids is 1. The van der Waals surface area contributed by atoms with Crippen LogP contribution in [0.2, 0.25) is 0 Å². The van der Waals surface area contributed by atoms with Crippen molar-refractivity contribution in [1.82, 2.24) is 0 Å². The summed E-state index contributed by atoms with van der Waals surface area (Å²) in [6.45, 7) is 1.81. The lowest BCUT2D eigenvalue weighted by Gasteiger charge is -2.06. The average Bonchev–Trinajstić information content (AvgIpc) is 2.16. The molecule has 0 spiro atoms. The second-order valence-corrected chi connectivity index (χ2v) is 3.30. The van der Waals surface area contributed by atoms with E-state index in [1.54, 1.807) is 25.1 Å². The molecule has 0 radical (unpaired) electrons. The first-order valence-corrected chi connectivity index (χ1v) is 4.72. The maximum atomic E-state index is 10.8. The van der Waals surface area contributed by atoms with Crippen LogP contribution >= 0.6 is 0 Å². The first-order valence-electron chi connectivity index (χ1n) is 4.72. The molecule has 1 aromatic rings. The average molecular weight is 224 g/mol. The lowest BCUT2D eigenvalue weighted by Crippen LogP contribution is -2.09. The van der Waals surface area contributed by atoms with Crippen molar-refractivity contribution in [3.63, 3.8) is 0 Å².